The molecule has 8 heteroatoms. The summed E-state index contributed by atoms with van der Waals surface area (Å²) in [4.78, 5) is 41.5. The molecule has 0 bridgehead atoms. The molecule has 27 heavy (non-hydrogen) atoms. The standard InChI is InChI=1S/C19H18N2O5S/c1-9-6-5-7-11(8-9)14-20-15-12(10(2)13(27-15)17(23)24)16(22)21(14)19(3,4)18(25)26/h5-8H,1-4H3,(H,23,24)(H,25,26). The quantitative estimate of drug-likeness (QED) is 0.712. The van der Waals surface area contributed by atoms with Gasteiger partial charge >= 0.3 is 11.9 Å². The van der Waals surface area contributed by atoms with E-state index in [-0.39, 0.29) is 20.9 Å². The van der Waals surface area contributed by atoms with Crippen LogP contribution in [0, 0.1) is 13.8 Å². The lowest BCUT2D eigenvalue weighted by Crippen LogP contribution is -2.44. The highest BCUT2D eigenvalue weighted by Gasteiger charge is 2.35. The third kappa shape index (κ3) is 2.91. The van der Waals surface area contributed by atoms with Gasteiger partial charge in [-0.1, -0.05) is 23.8 Å². The summed E-state index contributed by atoms with van der Waals surface area (Å²) >= 11 is 0.916. The van der Waals surface area contributed by atoms with Gasteiger partial charge in [0.15, 0.2) is 0 Å². The maximum atomic E-state index is 13.3. The molecule has 2 N–H and O–H groups in total. The molecule has 140 valence electrons. The zero-order valence-corrected chi connectivity index (χ0v) is 16.0. The minimum atomic E-state index is -1.57. The van der Waals surface area contributed by atoms with Gasteiger partial charge < -0.3 is 10.2 Å². The van der Waals surface area contributed by atoms with Gasteiger partial charge in [0.05, 0.1) is 5.39 Å². The van der Waals surface area contributed by atoms with Crippen molar-refractivity contribution in [1.82, 2.24) is 9.55 Å². The number of aromatic carboxylic acids is 1. The van der Waals surface area contributed by atoms with Crippen LogP contribution in [-0.4, -0.2) is 31.7 Å². The topological polar surface area (TPSA) is 109 Å². The first-order chi connectivity index (χ1) is 12.6. The Labute approximate surface area is 158 Å². The molecule has 0 fully saturated rings. The lowest BCUT2D eigenvalue weighted by molar-refractivity contribution is -0.145. The molecule has 0 amide bonds. The number of hydrogen-bond donors (Lipinski definition) is 2. The summed E-state index contributed by atoms with van der Waals surface area (Å²) in [5, 5.41) is 19.2. The monoisotopic (exact) mass is 386 g/mol. The highest BCUT2D eigenvalue weighted by atomic mass is 32.1. The number of hydrogen-bond acceptors (Lipinski definition) is 5. The van der Waals surface area contributed by atoms with Crippen molar-refractivity contribution < 1.29 is 19.8 Å². The van der Waals surface area contributed by atoms with E-state index in [1.54, 1.807) is 18.2 Å². The Morgan fingerprint density at radius 2 is 1.85 bits per heavy atom. The Morgan fingerprint density at radius 3 is 2.41 bits per heavy atom. The van der Waals surface area contributed by atoms with Gasteiger partial charge in [0.25, 0.3) is 5.56 Å². The summed E-state index contributed by atoms with van der Waals surface area (Å²) < 4.78 is 1.14. The smallest absolute Gasteiger partial charge is 0.346 e. The lowest BCUT2D eigenvalue weighted by Gasteiger charge is -2.25. The van der Waals surface area contributed by atoms with Gasteiger partial charge in [-0.2, -0.15) is 0 Å². The van der Waals surface area contributed by atoms with Crippen LogP contribution in [-0.2, 0) is 10.3 Å². The molecule has 0 aliphatic heterocycles. The number of fused-ring (bicyclic) bond motifs is 1. The van der Waals surface area contributed by atoms with Crippen molar-refractivity contribution in [2.24, 2.45) is 0 Å². The molecule has 0 atom stereocenters. The van der Waals surface area contributed by atoms with E-state index in [1.165, 1.54) is 20.8 Å². The molecule has 0 spiro atoms. The zero-order chi connectivity index (χ0) is 20.1. The van der Waals surface area contributed by atoms with E-state index in [0.717, 1.165) is 21.5 Å². The van der Waals surface area contributed by atoms with Crippen molar-refractivity contribution in [3.63, 3.8) is 0 Å². The summed E-state index contributed by atoms with van der Waals surface area (Å²) in [5.74, 6) is -2.14. The van der Waals surface area contributed by atoms with E-state index in [2.05, 4.69) is 4.98 Å². The minimum Gasteiger partial charge on any atom is -0.480 e. The van der Waals surface area contributed by atoms with Gasteiger partial charge in [-0.25, -0.2) is 14.6 Å². The van der Waals surface area contributed by atoms with Gasteiger partial charge in [-0.3, -0.25) is 9.36 Å². The van der Waals surface area contributed by atoms with E-state index in [0.29, 0.717) is 11.1 Å². The first-order valence-electron chi connectivity index (χ1n) is 8.16. The van der Waals surface area contributed by atoms with Crippen LogP contribution in [0.15, 0.2) is 29.1 Å². The van der Waals surface area contributed by atoms with Crippen LogP contribution in [0.3, 0.4) is 0 Å². The van der Waals surface area contributed by atoms with Crippen molar-refractivity contribution >= 4 is 33.5 Å². The summed E-state index contributed by atoms with van der Waals surface area (Å²) in [5.41, 5.74) is -0.327. The van der Waals surface area contributed by atoms with Gasteiger partial charge in [0.1, 0.15) is 21.1 Å². The Hall–Kier alpha value is -3.00. The third-order valence-corrected chi connectivity index (χ3v) is 5.69. The van der Waals surface area contributed by atoms with Crippen molar-refractivity contribution in [2.75, 3.05) is 0 Å². The maximum Gasteiger partial charge on any atom is 0.346 e. The fraction of sp³-hybridized carbons (Fsp3) is 0.263. The number of nitrogens with zero attached hydrogens (tertiary/aromatic N) is 2. The van der Waals surface area contributed by atoms with Gasteiger partial charge in [-0.05, 0) is 39.3 Å². The number of aromatic nitrogens is 2. The number of aliphatic carboxylic acids is 1. The van der Waals surface area contributed by atoms with Crippen LogP contribution in [0.4, 0.5) is 0 Å². The van der Waals surface area contributed by atoms with Crippen LogP contribution < -0.4 is 5.56 Å². The van der Waals surface area contributed by atoms with Crippen LogP contribution in [0.25, 0.3) is 21.6 Å². The third-order valence-electron chi connectivity index (χ3n) is 4.52. The number of carbonyl (C=O) groups is 2. The largest absolute Gasteiger partial charge is 0.480 e. The van der Waals surface area contributed by atoms with Gasteiger partial charge in [0, 0.05) is 5.56 Å². The van der Waals surface area contributed by atoms with Crippen molar-refractivity contribution in [3.8, 4) is 11.4 Å². The van der Waals surface area contributed by atoms with Crippen LogP contribution in [0.1, 0.15) is 34.6 Å². The molecule has 0 unspecified atom stereocenters. The first kappa shape index (κ1) is 18.8. The summed E-state index contributed by atoms with van der Waals surface area (Å²) in [6.07, 6.45) is 0. The normalized spacial score (nSPS) is 11.7. The molecular formula is C19H18N2O5S. The summed E-state index contributed by atoms with van der Waals surface area (Å²) in [7, 11) is 0. The molecule has 0 saturated heterocycles. The van der Waals surface area contributed by atoms with Crippen LogP contribution in [0.2, 0.25) is 0 Å². The molecule has 7 nitrogen and oxygen atoms in total. The van der Waals surface area contributed by atoms with E-state index < -0.39 is 23.0 Å². The molecule has 0 radical (unpaired) electrons. The Morgan fingerprint density at radius 1 is 1.19 bits per heavy atom. The van der Waals surface area contributed by atoms with Crippen molar-refractivity contribution in [3.05, 3.63) is 50.6 Å². The van der Waals surface area contributed by atoms with Crippen LogP contribution >= 0.6 is 11.3 Å². The molecule has 0 aliphatic carbocycles. The molecule has 3 rings (SSSR count). The van der Waals surface area contributed by atoms with E-state index in [1.807, 2.05) is 13.0 Å². The second-order valence-electron chi connectivity index (χ2n) is 6.85. The Balaban J connectivity index is 2.52. The molecule has 1 aromatic carbocycles. The second kappa shape index (κ2) is 6.31. The van der Waals surface area contributed by atoms with Crippen molar-refractivity contribution in [1.29, 1.82) is 0 Å². The fourth-order valence-electron chi connectivity index (χ4n) is 2.98. The van der Waals surface area contributed by atoms with E-state index in [9.17, 15) is 24.6 Å². The average Bonchev–Trinajstić information content (AvgIpc) is 2.91. The van der Waals surface area contributed by atoms with E-state index in [4.69, 9.17) is 0 Å². The molecule has 3 aromatic rings. The highest BCUT2D eigenvalue weighted by molar-refractivity contribution is 7.20. The van der Waals surface area contributed by atoms with Gasteiger partial charge in [0.2, 0.25) is 0 Å². The van der Waals surface area contributed by atoms with Gasteiger partial charge in [-0.15, -0.1) is 11.3 Å². The lowest BCUT2D eigenvalue weighted by atomic mass is 10.0. The van der Waals surface area contributed by atoms with Crippen LogP contribution in [0.5, 0.6) is 0 Å². The number of aryl methyl sites for hydroxylation is 2. The predicted molar refractivity (Wildman–Crippen MR) is 103 cm³/mol. The Kier molecular flexibility index (Phi) is 4.39. The van der Waals surface area contributed by atoms with E-state index >= 15 is 0 Å². The fourth-order valence-corrected chi connectivity index (χ4v) is 3.99. The molecule has 0 saturated carbocycles. The Bertz CT molecular complexity index is 1160. The number of rotatable bonds is 4. The van der Waals surface area contributed by atoms with Crippen molar-refractivity contribution in [2.45, 2.75) is 33.2 Å². The molecule has 2 aromatic heterocycles. The highest BCUT2D eigenvalue weighted by Crippen LogP contribution is 2.32. The second-order valence-corrected chi connectivity index (χ2v) is 7.85. The summed E-state index contributed by atoms with van der Waals surface area (Å²) in [6, 6.07) is 7.22. The zero-order valence-electron chi connectivity index (χ0n) is 15.2. The molecular weight excluding hydrogens is 368 g/mol. The SMILES string of the molecule is Cc1cccc(-c2nc3sc(C(=O)O)c(C)c3c(=O)n2C(C)(C)C(=O)O)c1. The predicted octanol–water partition coefficient (Wildman–Crippen LogP) is 3.26. The number of carboxylic acids is 2. The molecule has 0 aliphatic rings. The number of thiophene rings is 1. The maximum absolute atomic E-state index is 13.3. The minimum absolute atomic E-state index is 0.0238. The summed E-state index contributed by atoms with van der Waals surface area (Å²) in [6.45, 7) is 6.26. The average molecular weight is 386 g/mol. The number of carboxylic acid groups (broad SMARTS) is 2. The first-order valence-corrected chi connectivity index (χ1v) is 8.97. The number of benzene rings is 1. The molecule has 2 heterocycles.